The summed E-state index contributed by atoms with van der Waals surface area (Å²) in [4.78, 5) is 5.19. The van der Waals surface area contributed by atoms with Gasteiger partial charge in [0.1, 0.15) is 0 Å². The molecule has 0 spiro atoms. The quantitative estimate of drug-likeness (QED) is 0.803. The fourth-order valence-electron chi connectivity index (χ4n) is 3.23. The van der Waals surface area contributed by atoms with Crippen LogP contribution in [0.4, 0.5) is 0 Å². The van der Waals surface area contributed by atoms with Crippen molar-refractivity contribution in [2.24, 2.45) is 5.92 Å². The van der Waals surface area contributed by atoms with E-state index in [-0.39, 0.29) is 0 Å². The third-order valence-corrected chi connectivity index (χ3v) is 4.75. The Labute approximate surface area is 107 Å². The predicted octanol–water partition coefficient (Wildman–Crippen LogP) is 1.40. The monoisotopic (exact) mass is 239 g/mol. The van der Waals surface area contributed by atoms with E-state index in [2.05, 4.69) is 36.0 Å². The highest BCUT2D eigenvalue weighted by molar-refractivity contribution is 4.83. The number of rotatable bonds is 3. The van der Waals surface area contributed by atoms with E-state index in [1.165, 1.54) is 52.0 Å². The molecule has 1 N–H and O–H groups in total. The van der Waals surface area contributed by atoms with Gasteiger partial charge in [-0.2, -0.15) is 0 Å². The first-order valence-corrected chi connectivity index (χ1v) is 7.32. The van der Waals surface area contributed by atoms with Crippen LogP contribution in [0.5, 0.6) is 0 Å². The molecule has 2 unspecified atom stereocenters. The predicted molar refractivity (Wildman–Crippen MR) is 73.3 cm³/mol. The molecule has 0 aromatic rings. The molecular weight excluding hydrogens is 210 g/mol. The molecule has 100 valence electrons. The van der Waals surface area contributed by atoms with E-state index in [1.807, 2.05) is 0 Å². The van der Waals surface area contributed by atoms with Crippen molar-refractivity contribution in [3.63, 3.8) is 0 Å². The summed E-state index contributed by atoms with van der Waals surface area (Å²) in [5.74, 6) is 0.974. The van der Waals surface area contributed by atoms with Crippen molar-refractivity contribution in [3.05, 3.63) is 0 Å². The molecule has 0 radical (unpaired) electrons. The van der Waals surface area contributed by atoms with Gasteiger partial charge in [-0.3, -0.25) is 4.90 Å². The Bertz CT molecular complexity index is 214. The molecular formula is C14H29N3. The molecule has 0 amide bonds. The summed E-state index contributed by atoms with van der Waals surface area (Å²) < 4.78 is 0. The van der Waals surface area contributed by atoms with Gasteiger partial charge >= 0.3 is 0 Å². The lowest BCUT2D eigenvalue weighted by Crippen LogP contribution is -2.55. The molecule has 2 rings (SSSR count). The molecule has 2 atom stereocenters. The van der Waals surface area contributed by atoms with Crippen LogP contribution in [-0.4, -0.2) is 61.7 Å². The lowest BCUT2D eigenvalue weighted by molar-refractivity contribution is 0.0558. The minimum absolute atomic E-state index is 0.715. The fraction of sp³-hybridized carbons (Fsp3) is 1.00. The van der Waals surface area contributed by atoms with Crippen LogP contribution in [0.25, 0.3) is 0 Å². The van der Waals surface area contributed by atoms with Crippen molar-refractivity contribution >= 4 is 0 Å². The highest BCUT2D eigenvalue weighted by Crippen LogP contribution is 2.19. The highest BCUT2D eigenvalue weighted by Gasteiger charge is 2.26. The third kappa shape index (κ3) is 3.67. The summed E-state index contributed by atoms with van der Waals surface area (Å²) in [6, 6.07) is 1.43. The van der Waals surface area contributed by atoms with Gasteiger partial charge in [-0.1, -0.05) is 0 Å². The molecule has 0 aliphatic carbocycles. The first-order chi connectivity index (χ1) is 8.16. The molecule has 2 heterocycles. The largest absolute Gasteiger partial charge is 0.317 e. The molecule has 2 fully saturated rings. The van der Waals surface area contributed by atoms with Crippen molar-refractivity contribution in [1.29, 1.82) is 0 Å². The Morgan fingerprint density at radius 1 is 1.06 bits per heavy atom. The molecule has 3 nitrogen and oxygen atoms in total. The number of hydrogen-bond acceptors (Lipinski definition) is 3. The fourth-order valence-corrected chi connectivity index (χ4v) is 3.23. The number of piperazine rings is 1. The second kappa shape index (κ2) is 6.17. The zero-order chi connectivity index (χ0) is 12.3. The molecule has 2 aliphatic rings. The number of nitrogens with one attached hydrogen (secondary N) is 1. The van der Waals surface area contributed by atoms with Gasteiger partial charge in [0.2, 0.25) is 0 Å². The van der Waals surface area contributed by atoms with Crippen LogP contribution in [0, 0.1) is 5.92 Å². The van der Waals surface area contributed by atoms with Gasteiger partial charge in [0.15, 0.2) is 0 Å². The van der Waals surface area contributed by atoms with Crippen LogP contribution < -0.4 is 5.32 Å². The average molecular weight is 239 g/mol. The average Bonchev–Trinajstić information content (AvgIpc) is 2.34. The molecule has 0 aromatic carbocycles. The Morgan fingerprint density at radius 3 is 2.24 bits per heavy atom. The van der Waals surface area contributed by atoms with Crippen LogP contribution in [-0.2, 0) is 0 Å². The van der Waals surface area contributed by atoms with Crippen molar-refractivity contribution in [2.45, 2.75) is 45.2 Å². The van der Waals surface area contributed by atoms with E-state index in [0.29, 0.717) is 12.1 Å². The lowest BCUT2D eigenvalue weighted by atomic mass is 9.94. The SMILES string of the molecule is CC1CN(CCC2CCNCC2)CC(C)N1C. The van der Waals surface area contributed by atoms with E-state index in [0.717, 1.165) is 5.92 Å². The van der Waals surface area contributed by atoms with Gasteiger partial charge in [-0.25, -0.2) is 0 Å². The van der Waals surface area contributed by atoms with E-state index in [1.54, 1.807) is 0 Å². The second-order valence-corrected chi connectivity index (χ2v) is 6.11. The van der Waals surface area contributed by atoms with Crippen molar-refractivity contribution in [2.75, 3.05) is 39.8 Å². The minimum atomic E-state index is 0.715. The second-order valence-electron chi connectivity index (χ2n) is 6.11. The summed E-state index contributed by atoms with van der Waals surface area (Å²) in [5, 5.41) is 3.45. The summed E-state index contributed by atoms with van der Waals surface area (Å²) in [6.07, 6.45) is 4.18. The molecule has 0 saturated carbocycles. The van der Waals surface area contributed by atoms with Crippen molar-refractivity contribution < 1.29 is 0 Å². The molecule has 2 saturated heterocycles. The molecule has 3 heteroatoms. The van der Waals surface area contributed by atoms with E-state index in [9.17, 15) is 0 Å². The zero-order valence-electron chi connectivity index (χ0n) is 11.8. The van der Waals surface area contributed by atoms with Crippen LogP contribution >= 0.6 is 0 Å². The van der Waals surface area contributed by atoms with Gasteiger partial charge in [-0.15, -0.1) is 0 Å². The number of piperidine rings is 1. The summed E-state index contributed by atoms with van der Waals surface area (Å²) in [5.41, 5.74) is 0. The maximum Gasteiger partial charge on any atom is 0.0195 e. The Balaban J connectivity index is 1.71. The van der Waals surface area contributed by atoms with Gasteiger partial charge in [0.25, 0.3) is 0 Å². The van der Waals surface area contributed by atoms with Crippen LogP contribution in [0.2, 0.25) is 0 Å². The molecule has 0 bridgehead atoms. The lowest BCUT2D eigenvalue weighted by Gasteiger charge is -2.43. The highest BCUT2D eigenvalue weighted by atomic mass is 15.3. The third-order valence-electron chi connectivity index (χ3n) is 4.75. The Morgan fingerprint density at radius 2 is 1.65 bits per heavy atom. The first-order valence-electron chi connectivity index (χ1n) is 7.32. The van der Waals surface area contributed by atoms with Gasteiger partial charge in [0, 0.05) is 25.2 Å². The van der Waals surface area contributed by atoms with Gasteiger partial charge < -0.3 is 10.2 Å². The van der Waals surface area contributed by atoms with Crippen LogP contribution in [0.15, 0.2) is 0 Å². The van der Waals surface area contributed by atoms with Gasteiger partial charge in [-0.05, 0) is 65.7 Å². The van der Waals surface area contributed by atoms with Crippen LogP contribution in [0.1, 0.15) is 33.1 Å². The smallest absolute Gasteiger partial charge is 0.0195 e. The summed E-state index contributed by atoms with van der Waals surface area (Å²) in [6.45, 7) is 11.0. The maximum atomic E-state index is 3.45. The maximum absolute atomic E-state index is 3.45. The number of hydrogen-bond donors (Lipinski definition) is 1. The Kier molecular flexibility index (Phi) is 4.83. The minimum Gasteiger partial charge on any atom is -0.317 e. The molecule has 0 aromatic heterocycles. The first kappa shape index (κ1) is 13.3. The Hall–Kier alpha value is -0.120. The topological polar surface area (TPSA) is 18.5 Å². The van der Waals surface area contributed by atoms with E-state index >= 15 is 0 Å². The number of nitrogens with zero attached hydrogens (tertiary/aromatic N) is 2. The van der Waals surface area contributed by atoms with Gasteiger partial charge in [0.05, 0.1) is 0 Å². The van der Waals surface area contributed by atoms with Crippen molar-refractivity contribution in [3.8, 4) is 0 Å². The molecule has 2 aliphatic heterocycles. The van der Waals surface area contributed by atoms with Crippen LogP contribution in [0.3, 0.4) is 0 Å². The summed E-state index contributed by atoms with van der Waals surface area (Å²) in [7, 11) is 2.26. The summed E-state index contributed by atoms with van der Waals surface area (Å²) >= 11 is 0. The van der Waals surface area contributed by atoms with E-state index in [4.69, 9.17) is 0 Å². The zero-order valence-corrected chi connectivity index (χ0v) is 11.8. The standard InChI is InChI=1S/C14H29N3/c1-12-10-17(11-13(2)16(12)3)9-6-14-4-7-15-8-5-14/h12-15H,4-11H2,1-3H3. The molecule has 17 heavy (non-hydrogen) atoms. The van der Waals surface area contributed by atoms with Crippen molar-refractivity contribution in [1.82, 2.24) is 15.1 Å². The number of likely N-dealkylation sites (N-methyl/N-ethyl adjacent to an activating group) is 1. The van der Waals surface area contributed by atoms with E-state index < -0.39 is 0 Å². The normalized spacial score (nSPS) is 34.1.